The Labute approximate surface area is 121 Å². The van der Waals surface area contributed by atoms with Gasteiger partial charge >= 0.3 is 0 Å². The van der Waals surface area contributed by atoms with Crippen LogP contribution in [0.15, 0.2) is 29.3 Å². The normalized spacial score (nSPS) is 17.5. The van der Waals surface area contributed by atoms with Gasteiger partial charge in [-0.2, -0.15) is 0 Å². The molecular weight excluding hydrogens is 280 g/mol. The first-order valence-electron chi connectivity index (χ1n) is 5.87. The minimum Gasteiger partial charge on any atom is -0.385 e. The second kappa shape index (κ2) is 6.79. The highest BCUT2D eigenvalue weighted by Crippen LogP contribution is 2.32. The summed E-state index contributed by atoms with van der Waals surface area (Å²) in [5, 5.41) is 0. The molecule has 1 aliphatic rings. The standard InChI is InChI=1S/C13H14N2O2S2/c1-17-8-4-7-15-12(16)11(19-13(15)18)9-10-5-2-3-6-14-10/h2-3,5-6,9H,4,7-8H2,1H3/b11-9+. The van der Waals surface area contributed by atoms with Crippen molar-refractivity contribution in [1.29, 1.82) is 0 Å². The quantitative estimate of drug-likeness (QED) is 0.474. The highest BCUT2D eigenvalue weighted by atomic mass is 32.2. The van der Waals surface area contributed by atoms with Gasteiger partial charge in [0.1, 0.15) is 4.32 Å². The van der Waals surface area contributed by atoms with Crippen LogP contribution in [-0.2, 0) is 9.53 Å². The molecule has 6 heteroatoms. The van der Waals surface area contributed by atoms with E-state index in [1.165, 1.54) is 11.8 Å². The minimum absolute atomic E-state index is 0.0447. The van der Waals surface area contributed by atoms with E-state index in [1.54, 1.807) is 24.3 Å². The Bertz CT molecular complexity index is 503. The molecule has 0 bridgehead atoms. The fourth-order valence-corrected chi connectivity index (χ4v) is 2.95. The smallest absolute Gasteiger partial charge is 0.266 e. The third-order valence-corrected chi connectivity index (χ3v) is 3.95. The molecule has 0 saturated carbocycles. The van der Waals surface area contributed by atoms with Crippen molar-refractivity contribution in [3.8, 4) is 0 Å². The Hall–Kier alpha value is -1.24. The van der Waals surface area contributed by atoms with Crippen molar-refractivity contribution in [2.45, 2.75) is 6.42 Å². The van der Waals surface area contributed by atoms with E-state index in [0.29, 0.717) is 22.4 Å². The van der Waals surface area contributed by atoms with E-state index in [0.717, 1.165) is 12.1 Å². The fourth-order valence-electron chi connectivity index (χ4n) is 1.66. The van der Waals surface area contributed by atoms with Gasteiger partial charge in [-0.25, -0.2) is 0 Å². The van der Waals surface area contributed by atoms with Crippen LogP contribution < -0.4 is 0 Å². The number of carbonyl (C=O) groups is 1. The molecule has 100 valence electrons. The SMILES string of the molecule is COCCCN1C(=O)/C(=C\c2ccccn2)SC1=S. The van der Waals surface area contributed by atoms with E-state index in [2.05, 4.69) is 4.98 Å². The number of pyridine rings is 1. The molecule has 0 N–H and O–H groups in total. The Morgan fingerprint density at radius 3 is 3.05 bits per heavy atom. The number of thiocarbonyl (C=S) groups is 1. The van der Waals surface area contributed by atoms with Crippen LogP contribution in [0.3, 0.4) is 0 Å². The Balaban J connectivity index is 2.07. The molecule has 1 saturated heterocycles. The van der Waals surface area contributed by atoms with E-state index >= 15 is 0 Å². The van der Waals surface area contributed by atoms with Crippen molar-refractivity contribution in [3.05, 3.63) is 35.0 Å². The topological polar surface area (TPSA) is 42.4 Å². The van der Waals surface area contributed by atoms with Crippen LogP contribution >= 0.6 is 24.0 Å². The lowest BCUT2D eigenvalue weighted by atomic mass is 10.3. The molecule has 1 fully saturated rings. The monoisotopic (exact) mass is 294 g/mol. The third-order valence-electron chi connectivity index (χ3n) is 2.57. The Morgan fingerprint density at radius 2 is 2.37 bits per heavy atom. The molecule has 0 aromatic carbocycles. The highest BCUT2D eigenvalue weighted by Gasteiger charge is 2.31. The third kappa shape index (κ3) is 3.62. The van der Waals surface area contributed by atoms with Gasteiger partial charge in [-0.05, 0) is 24.6 Å². The molecule has 2 rings (SSSR count). The second-order valence-electron chi connectivity index (χ2n) is 3.93. The number of nitrogens with zero attached hydrogens (tertiary/aromatic N) is 2. The van der Waals surface area contributed by atoms with Crippen LogP contribution in [0, 0.1) is 0 Å². The summed E-state index contributed by atoms with van der Waals surface area (Å²) in [6.07, 6.45) is 4.25. The summed E-state index contributed by atoms with van der Waals surface area (Å²) in [6.45, 7) is 1.22. The van der Waals surface area contributed by atoms with Gasteiger partial charge < -0.3 is 4.74 Å². The molecule has 2 heterocycles. The zero-order valence-corrected chi connectivity index (χ0v) is 12.2. The van der Waals surface area contributed by atoms with E-state index < -0.39 is 0 Å². The number of thioether (sulfide) groups is 1. The van der Waals surface area contributed by atoms with E-state index in [1.807, 2.05) is 18.2 Å². The summed E-state index contributed by atoms with van der Waals surface area (Å²) in [5.41, 5.74) is 0.764. The molecular formula is C13H14N2O2S2. The van der Waals surface area contributed by atoms with Gasteiger partial charge in [0.25, 0.3) is 5.91 Å². The summed E-state index contributed by atoms with van der Waals surface area (Å²) in [4.78, 5) is 18.6. The average Bonchev–Trinajstić information content (AvgIpc) is 2.68. The lowest BCUT2D eigenvalue weighted by molar-refractivity contribution is -0.122. The zero-order chi connectivity index (χ0) is 13.7. The highest BCUT2D eigenvalue weighted by molar-refractivity contribution is 8.26. The summed E-state index contributed by atoms with van der Waals surface area (Å²) in [5.74, 6) is -0.0447. The van der Waals surface area contributed by atoms with Gasteiger partial charge in [0, 0.05) is 26.5 Å². The van der Waals surface area contributed by atoms with Gasteiger partial charge in [0.15, 0.2) is 0 Å². The van der Waals surface area contributed by atoms with Crippen LogP contribution in [-0.4, -0.2) is 40.4 Å². The van der Waals surface area contributed by atoms with Crippen molar-refractivity contribution in [1.82, 2.24) is 9.88 Å². The van der Waals surface area contributed by atoms with E-state index in [9.17, 15) is 4.79 Å². The van der Waals surface area contributed by atoms with Crippen LogP contribution in [0.5, 0.6) is 0 Å². The largest absolute Gasteiger partial charge is 0.385 e. The van der Waals surface area contributed by atoms with Crippen molar-refractivity contribution >= 4 is 40.3 Å². The van der Waals surface area contributed by atoms with Gasteiger partial charge in [-0.1, -0.05) is 30.0 Å². The van der Waals surface area contributed by atoms with Crippen molar-refractivity contribution < 1.29 is 9.53 Å². The molecule has 0 radical (unpaired) electrons. The number of amides is 1. The van der Waals surface area contributed by atoms with E-state index in [-0.39, 0.29) is 5.91 Å². The van der Waals surface area contributed by atoms with Gasteiger partial charge in [0.2, 0.25) is 0 Å². The maximum absolute atomic E-state index is 12.2. The summed E-state index contributed by atoms with van der Waals surface area (Å²) >= 11 is 6.55. The molecule has 1 aromatic heterocycles. The van der Waals surface area contributed by atoms with Gasteiger partial charge in [-0.15, -0.1) is 0 Å². The summed E-state index contributed by atoms with van der Waals surface area (Å²) in [6, 6.07) is 5.59. The maximum atomic E-state index is 12.2. The van der Waals surface area contributed by atoms with E-state index in [4.69, 9.17) is 17.0 Å². The van der Waals surface area contributed by atoms with Crippen LogP contribution in [0.1, 0.15) is 12.1 Å². The second-order valence-corrected chi connectivity index (χ2v) is 5.61. The van der Waals surface area contributed by atoms with Crippen molar-refractivity contribution in [2.24, 2.45) is 0 Å². The molecule has 0 aliphatic carbocycles. The molecule has 1 aliphatic heterocycles. The van der Waals surface area contributed by atoms with Gasteiger partial charge in [0.05, 0.1) is 10.6 Å². The number of rotatable bonds is 5. The molecule has 1 aromatic rings. The first-order valence-corrected chi connectivity index (χ1v) is 7.10. The molecule has 0 unspecified atom stereocenters. The number of ether oxygens (including phenoxy) is 1. The number of methoxy groups -OCH3 is 1. The van der Waals surface area contributed by atoms with Crippen molar-refractivity contribution in [2.75, 3.05) is 20.3 Å². The van der Waals surface area contributed by atoms with Gasteiger partial charge in [-0.3, -0.25) is 14.7 Å². The summed E-state index contributed by atoms with van der Waals surface area (Å²) < 4.78 is 5.58. The molecule has 4 nitrogen and oxygen atoms in total. The predicted octanol–water partition coefficient (Wildman–Crippen LogP) is 2.32. The molecule has 1 amide bonds. The number of aromatic nitrogens is 1. The molecule has 19 heavy (non-hydrogen) atoms. The lowest BCUT2D eigenvalue weighted by Gasteiger charge is -2.13. The predicted molar refractivity (Wildman–Crippen MR) is 80.6 cm³/mol. The average molecular weight is 294 g/mol. The van der Waals surface area contributed by atoms with Crippen LogP contribution in [0.25, 0.3) is 6.08 Å². The zero-order valence-electron chi connectivity index (χ0n) is 10.5. The Morgan fingerprint density at radius 1 is 1.53 bits per heavy atom. The van der Waals surface area contributed by atoms with Crippen molar-refractivity contribution in [3.63, 3.8) is 0 Å². The molecule has 0 atom stereocenters. The van der Waals surface area contributed by atoms with Crippen LogP contribution in [0.4, 0.5) is 0 Å². The lowest BCUT2D eigenvalue weighted by Crippen LogP contribution is -2.29. The van der Waals surface area contributed by atoms with Crippen LogP contribution in [0.2, 0.25) is 0 Å². The maximum Gasteiger partial charge on any atom is 0.266 e. The number of hydrogen-bond donors (Lipinski definition) is 0. The Kier molecular flexibility index (Phi) is 5.07. The molecule has 0 spiro atoms. The fraction of sp³-hybridized carbons (Fsp3) is 0.308. The first kappa shape index (κ1) is 14.2. The number of carbonyl (C=O) groups excluding carboxylic acids is 1. The summed E-state index contributed by atoms with van der Waals surface area (Å²) in [7, 11) is 1.64. The minimum atomic E-state index is -0.0447. The number of hydrogen-bond acceptors (Lipinski definition) is 5. The first-order chi connectivity index (χ1) is 9.22.